The highest BCUT2D eigenvalue weighted by Crippen LogP contribution is 2.22. The van der Waals surface area contributed by atoms with Gasteiger partial charge < -0.3 is 10.8 Å². The molecule has 0 heterocycles. The van der Waals surface area contributed by atoms with Crippen LogP contribution in [0.5, 0.6) is 0 Å². The van der Waals surface area contributed by atoms with Crippen LogP contribution >= 0.6 is 11.6 Å². The predicted molar refractivity (Wildman–Crippen MR) is 55.6 cm³/mol. The second-order valence-corrected chi connectivity index (χ2v) is 3.47. The number of nitrogens with two attached hydrogens (primary N) is 1. The van der Waals surface area contributed by atoms with Crippen molar-refractivity contribution in [2.24, 2.45) is 5.73 Å². The van der Waals surface area contributed by atoms with Gasteiger partial charge in [-0.15, -0.1) is 0 Å². The van der Waals surface area contributed by atoms with Gasteiger partial charge in [0.1, 0.15) is 0 Å². The van der Waals surface area contributed by atoms with E-state index in [1.807, 2.05) is 6.92 Å². The van der Waals surface area contributed by atoms with Crippen molar-refractivity contribution in [3.63, 3.8) is 0 Å². The molecule has 0 saturated heterocycles. The first kappa shape index (κ1) is 11.0. The second kappa shape index (κ2) is 4.44. The highest BCUT2D eigenvalue weighted by molar-refractivity contribution is 6.33. The summed E-state index contributed by atoms with van der Waals surface area (Å²) in [6.07, 6.45) is 0.794. The molecule has 0 aliphatic carbocycles. The molecule has 1 aromatic rings. The third kappa shape index (κ3) is 2.25. The Balaban J connectivity index is 3.06. The first-order valence-corrected chi connectivity index (χ1v) is 4.72. The molecule has 0 fully saturated rings. The van der Waals surface area contributed by atoms with Crippen molar-refractivity contribution >= 4 is 17.6 Å². The van der Waals surface area contributed by atoms with Crippen LogP contribution in [-0.4, -0.2) is 11.1 Å². The Labute approximate surface area is 87.5 Å². The van der Waals surface area contributed by atoms with Crippen LogP contribution in [0.25, 0.3) is 0 Å². The third-order valence-corrected chi connectivity index (χ3v) is 2.40. The summed E-state index contributed by atoms with van der Waals surface area (Å²) in [7, 11) is 0. The molecule has 0 aliphatic rings. The second-order valence-electron chi connectivity index (χ2n) is 3.06. The monoisotopic (exact) mass is 213 g/mol. The van der Waals surface area contributed by atoms with E-state index in [1.165, 1.54) is 6.07 Å². The minimum Gasteiger partial charge on any atom is -0.478 e. The third-order valence-electron chi connectivity index (χ3n) is 2.09. The van der Waals surface area contributed by atoms with Gasteiger partial charge in [0.05, 0.1) is 10.6 Å². The zero-order chi connectivity index (χ0) is 10.7. The molecule has 4 heteroatoms. The van der Waals surface area contributed by atoms with E-state index in [0.29, 0.717) is 0 Å². The number of halogens is 1. The molecule has 3 N–H and O–H groups in total. The van der Waals surface area contributed by atoms with Gasteiger partial charge >= 0.3 is 5.97 Å². The summed E-state index contributed by atoms with van der Waals surface area (Å²) in [4.78, 5) is 10.7. The maximum atomic E-state index is 10.7. The Morgan fingerprint density at radius 2 is 2.29 bits per heavy atom. The number of rotatable bonds is 3. The molecule has 1 atom stereocenters. The number of carboxylic acids is 1. The minimum absolute atomic E-state index is 0.0876. The maximum Gasteiger partial charge on any atom is 0.337 e. The Morgan fingerprint density at radius 1 is 1.64 bits per heavy atom. The molecule has 76 valence electrons. The fraction of sp³-hybridized carbons (Fsp3) is 0.300. The number of carbonyl (C=O) groups is 1. The van der Waals surface area contributed by atoms with Crippen LogP contribution < -0.4 is 5.73 Å². The molecular formula is C10H12ClNO2. The van der Waals surface area contributed by atoms with Gasteiger partial charge in [0.15, 0.2) is 0 Å². The molecule has 0 spiro atoms. The Kier molecular flexibility index (Phi) is 3.49. The van der Waals surface area contributed by atoms with Crippen LogP contribution in [0.4, 0.5) is 0 Å². The summed E-state index contributed by atoms with van der Waals surface area (Å²) < 4.78 is 0. The van der Waals surface area contributed by atoms with Gasteiger partial charge in [-0.05, 0) is 24.1 Å². The van der Waals surface area contributed by atoms with E-state index < -0.39 is 5.97 Å². The number of benzene rings is 1. The smallest absolute Gasteiger partial charge is 0.337 e. The summed E-state index contributed by atoms with van der Waals surface area (Å²) in [5.41, 5.74) is 6.76. The molecule has 0 bridgehead atoms. The standard InChI is InChI=1S/C10H12ClNO2/c1-2-9(12)6-3-4-7(10(13)14)8(11)5-6/h3-5,9H,2,12H2,1H3,(H,13,14). The van der Waals surface area contributed by atoms with Crippen molar-refractivity contribution in [1.29, 1.82) is 0 Å². The summed E-state index contributed by atoms with van der Waals surface area (Å²) in [5, 5.41) is 8.97. The van der Waals surface area contributed by atoms with E-state index in [-0.39, 0.29) is 16.6 Å². The fourth-order valence-electron chi connectivity index (χ4n) is 1.17. The van der Waals surface area contributed by atoms with Crippen molar-refractivity contribution in [2.75, 3.05) is 0 Å². The summed E-state index contributed by atoms with van der Waals surface area (Å²) >= 11 is 5.79. The lowest BCUT2D eigenvalue weighted by Gasteiger charge is -2.10. The van der Waals surface area contributed by atoms with E-state index >= 15 is 0 Å². The van der Waals surface area contributed by atoms with Gasteiger partial charge in [0.25, 0.3) is 0 Å². The Morgan fingerprint density at radius 3 is 2.71 bits per heavy atom. The summed E-state index contributed by atoms with van der Waals surface area (Å²) in [6, 6.07) is 4.70. The van der Waals surface area contributed by atoms with Crippen molar-refractivity contribution < 1.29 is 9.90 Å². The summed E-state index contributed by atoms with van der Waals surface area (Å²) in [5.74, 6) is -1.02. The van der Waals surface area contributed by atoms with E-state index in [9.17, 15) is 4.79 Å². The van der Waals surface area contributed by atoms with Crippen LogP contribution in [-0.2, 0) is 0 Å². The van der Waals surface area contributed by atoms with Gasteiger partial charge in [0.2, 0.25) is 0 Å². The largest absolute Gasteiger partial charge is 0.478 e. The van der Waals surface area contributed by atoms with Gasteiger partial charge in [-0.25, -0.2) is 4.79 Å². The van der Waals surface area contributed by atoms with Crippen molar-refractivity contribution in [2.45, 2.75) is 19.4 Å². The molecule has 3 nitrogen and oxygen atoms in total. The van der Waals surface area contributed by atoms with E-state index in [2.05, 4.69) is 0 Å². The average molecular weight is 214 g/mol. The van der Waals surface area contributed by atoms with Crippen LogP contribution in [0.15, 0.2) is 18.2 Å². The number of aromatic carboxylic acids is 1. The van der Waals surface area contributed by atoms with Crippen LogP contribution in [0.3, 0.4) is 0 Å². The zero-order valence-corrected chi connectivity index (χ0v) is 8.58. The molecule has 0 aromatic heterocycles. The van der Waals surface area contributed by atoms with E-state index in [4.69, 9.17) is 22.4 Å². The molecular weight excluding hydrogens is 202 g/mol. The van der Waals surface area contributed by atoms with E-state index in [0.717, 1.165) is 12.0 Å². The number of hydrogen-bond donors (Lipinski definition) is 2. The lowest BCUT2D eigenvalue weighted by atomic mass is 10.0. The highest BCUT2D eigenvalue weighted by Gasteiger charge is 2.11. The maximum absolute atomic E-state index is 10.7. The fourth-order valence-corrected chi connectivity index (χ4v) is 1.44. The highest BCUT2D eigenvalue weighted by atomic mass is 35.5. The number of hydrogen-bond acceptors (Lipinski definition) is 2. The molecule has 0 aliphatic heterocycles. The molecule has 0 amide bonds. The zero-order valence-electron chi connectivity index (χ0n) is 7.83. The Bertz CT molecular complexity index is 352. The lowest BCUT2D eigenvalue weighted by Crippen LogP contribution is -2.09. The number of carboxylic acid groups (broad SMARTS) is 1. The molecule has 14 heavy (non-hydrogen) atoms. The van der Waals surface area contributed by atoms with Crippen LogP contribution in [0.2, 0.25) is 5.02 Å². The first-order chi connectivity index (χ1) is 6.56. The molecule has 0 saturated carbocycles. The quantitative estimate of drug-likeness (QED) is 0.811. The first-order valence-electron chi connectivity index (χ1n) is 4.34. The van der Waals surface area contributed by atoms with E-state index in [1.54, 1.807) is 12.1 Å². The van der Waals surface area contributed by atoms with Gasteiger partial charge in [-0.3, -0.25) is 0 Å². The van der Waals surface area contributed by atoms with Crippen LogP contribution in [0.1, 0.15) is 35.3 Å². The lowest BCUT2D eigenvalue weighted by molar-refractivity contribution is 0.0697. The summed E-state index contributed by atoms with van der Waals surface area (Å²) in [6.45, 7) is 1.96. The molecule has 1 rings (SSSR count). The average Bonchev–Trinajstić information content (AvgIpc) is 2.15. The molecule has 1 aromatic carbocycles. The topological polar surface area (TPSA) is 63.3 Å². The molecule has 1 unspecified atom stereocenters. The van der Waals surface area contributed by atoms with Crippen LogP contribution in [0, 0.1) is 0 Å². The van der Waals surface area contributed by atoms with Gasteiger partial charge in [0, 0.05) is 6.04 Å². The molecule has 0 radical (unpaired) electrons. The van der Waals surface area contributed by atoms with Crippen molar-refractivity contribution in [1.82, 2.24) is 0 Å². The van der Waals surface area contributed by atoms with Gasteiger partial charge in [-0.2, -0.15) is 0 Å². The predicted octanol–water partition coefficient (Wildman–Crippen LogP) is 2.45. The normalized spacial score (nSPS) is 12.5. The van der Waals surface area contributed by atoms with Crippen molar-refractivity contribution in [3.05, 3.63) is 34.3 Å². The minimum atomic E-state index is -1.02. The SMILES string of the molecule is CCC(N)c1ccc(C(=O)O)c(Cl)c1. The van der Waals surface area contributed by atoms with Crippen molar-refractivity contribution in [3.8, 4) is 0 Å². The van der Waals surface area contributed by atoms with Gasteiger partial charge in [-0.1, -0.05) is 24.6 Å². The Hall–Kier alpha value is -1.06.